The van der Waals surface area contributed by atoms with E-state index in [1.54, 1.807) is 4.90 Å². The van der Waals surface area contributed by atoms with Crippen LogP contribution >= 0.6 is 0 Å². The van der Waals surface area contributed by atoms with Gasteiger partial charge in [0.2, 0.25) is 5.91 Å². The summed E-state index contributed by atoms with van der Waals surface area (Å²) < 4.78 is 37.5. The molecule has 1 heterocycles. The average Bonchev–Trinajstić information content (AvgIpc) is 2.38. The van der Waals surface area contributed by atoms with Gasteiger partial charge in [-0.15, -0.1) is 0 Å². The molecule has 2 rings (SSSR count). The molecule has 6 heteroatoms. The van der Waals surface area contributed by atoms with Gasteiger partial charge >= 0.3 is 6.18 Å². The largest absolute Gasteiger partial charge is 0.416 e. The number of benzene rings is 1. The van der Waals surface area contributed by atoms with Crippen molar-refractivity contribution >= 4 is 5.91 Å². The van der Waals surface area contributed by atoms with Crippen molar-refractivity contribution in [2.24, 2.45) is 0 Å². The Morgan fingerprint density at radius 3 is 2.47 bits per heavy atom. The van der Waals surface area contributed by atoms with Crippen LogP contribution in [0.4, 0.5) is 13.2 Å². The highest BCUT2D eigenvalue weighted by molar-refractivity contribution is 5.74. The summed E-state index contributed by atoms with van der Waals surface area (Å²) in [6, 6.07) is 4.80. The molecule has 0 aromatic heterocycles. The van der Waals surface area contributed by atoms with Gasteiger partial charge in [0.15, 0.2) is 0 Å². The van der Waals surface area contributed by atoms with Crippen molar-refractivity contribution in [1.29, 1.82) is 0 Å². The Hall–Kier alpha value is -1.56. The summed E-state index contributed by atoms with van der Waals surface area (Å²) in [5, 5.41) is 3.15. The molecule has 1 aliphatic rings. The molecule has 1 N–H and O–H groups in total. The first kappa shape index (κ1) is 13.9. The van der Waals surface area contributed by atoms with E-state index in [-0.39, 0.29) is 11.9 Å². The number of carbonyl (C=O) groups is 1. The van der Waals surface area contributed by atoms with Crippen LogP contribution in [0.1, 0.15) is 24.1 Å². The van der Waals surface area contributed by atoms with E-state index in [4.69, 9.17) is 0 Å². The summed E-state index contributed by atoms with van der Waals surface area (Å²) >= 11 is 0. The summed E-state index contributed by atoms with van der Waals surface area (Å²) in [6.07, 6.45) is -4.33. The first-order chi connectivity index (χ1) is 8.89. The zero-order valence-corrected chi connectivity index (χ0v) is 10.5. The molecular formula is C13H15F3N2O. The third kappa shape index (κ3) is 3.07. The fourth-order valence-corrected chi connectivity index (χ4v) is 2.27. The van der Waals surface area contributed by atoms with E-state index in [0.29, 0.717) is 19.6 Å². The molecule has 1 fully saturated rings. The van der Waals surface area contributed by atoms with Crippen LogP contribution in [-0.2, 0) is 11.0 Å². The van der Waals surface area contributed by atoms with Crippen molar-refractivity contribution in [3.05, 3.63) is 35.4 Å². The zero-order chi connectivity index (χ0) is 14.0. The van der Waals surface area contributed by atoms with Gasteiger partial charge in [0.1, 0.15) is 0 Å². The lowest BCUT2D eigenvalue weighted by atomic mass is 10.0. The summed E-state index contributed by atoms with van der Waals surface area (Å²) in [5.41, 5.74) is 0.0461. The first-order valence-corrected chi connectivity index (χ1v) is 6.04. The number of halogens is 3. The monoisotopic (exact) mass is 272 g/mol. The molecule has 104 valence electrons. The highest BCUT2D eigenvalue weighted by Crippen LogP contribution is 2.31. The van der Waals surface area contributed by atoms with Gasteiger partial charge in [0.05, 0.1) is 11.6 Å². The van der Waals surface area contributed by atoms with E-state index in [2.05, 4.69) is 5.32 Å². The molecule has 0 spiro atoms. The molecule has 0 aliphatic carbocycles. The molecule has 1 atom stereocenters. The predicted molar refractivity (Wildman–Crippen MR) is 64.4 cm³/mol. The second kappa shape index (κ2) is 5.21. The Bertz CT molecular complexity index is 456. The topological polar surface area (TPSA) is 32.3 Å². The Labute approximate surface area is 109 Å². The Balaban J connectivity index is 2.23. The standard InChI is InChI=1S/C13H15F3N2O/c1-9(19)18-7-6-17-8-12(18)10-2-4-11(5-3-10)13(14,15)16/h2-5,12,17H,6-8H2,1H3/t12-/m0/s1. The summed E-state index contributed by atoms with van der Waals surface area (Å²) in [5.74, 6) is -0.0635. The number of nitrogens with zero attached hydrogens (tertiary/aromatic N) is 1. The number of alkyl halides is 3. The minimum atomic E-state index is -4.33. The summed E-state index contributed by atoms with van der Waals surface area (Å²) in [7, 11) is 0. The lowest BCUT2D eigenvalue weighted by molar-refractivity contribution is -0.137. The van der Waals surface area contributed by atoms with Crippen LogP contribution in [0.15, 0.2) is 24.3 Å². The molecule has 3 nitrogen and oxygen atoms in total. The third-order valence-corrected chi connectivity index (χ3v) is 3.27. The quantitative estimate of drug-likeness (QED) is 0.850. The van der Waals surface area contributed by atoms with Crippen LogP contribution < -0.4 is 5.32 Å². The van der Waals surface area contributed by atoms with Crippen LogP contribution in [0, 0.1) is 0 Å². The van der Waals surface area contributed by atoms with E-state index in [1.165, 1.54) is 19.1 Å². The molecular weight excluding hydrogens is 257 g/mol. The third-order valence-electron chi connectivity index (χ3n) is 3.27. The molecule has 1 aromatic carbocycles. The van der Waals surface area contributed by atoms with Gasteiger partial charge < -0.3 is 10.2 Å². The molecule has 1 aromatic rings. The zero-order valence-electron chi connectivity index (χ0n) is 10.5. The molecule has 19 heavy (non-hydrogen) atoms. The van der Waals surface area contributed by atoms with E-state index in [0.717, 1.165) is 17.7 Å². The van der Waals surface area contributed by atoms with Gasteiger partial charge in [-0.1, -0.05) is 12.1 Å². The number of nitrogens with one attached hydrogen (secondary N) is 1. The smallest absolute Gasteiger partial charge is 0.333 e. The molecule has 1 saturated heterocycles. The van der Waals surface area contributed by atoms with Crippen LogP contribution in [-0.4, -0.2) is 30.4 Å². The molecule has 0 bridgehead atoms. The van der Waals surface area contributed by atoms with Crippen molar-refractivity contribution in [1.82, 2.24) is 10.2 Å². The fourth-order valence-electron chi connectivity index (χ4n) is 2.27. The van der Waals surface area contributed by atoms with Crippen molar-refractivity contribution in [2.45, 2.75) is 19.1 Å². The van der Waals surface area contributed by atoms with Crippen LogP contribution in [0.25, 0.3) is 0 Å². The number of amides is 1. The predicted octanol–water partition coefficient (Wildman–Crippen LogP) is 2.20. The van der Waals surface area contributed by atoms with E-state index >= 15 is 0 Å². The van der Waals surface area contributed by atoms with Gasteiger partial charge in [-0.2, -0.15) is 13.2 Å². The van der Waals surface area contributed by atoms with Gasteiger partial charge in [-0.05, 0) is 17.7 Å². The molecule has 1 amide bonds. The number of hydrogen-bond donors (Lipinski definition) is 1. The first-order valence-electron chi connectivity index (χ1n) is 6.04. The highest BCUT2D eigenvalue weighted by atomic mass is 19.4. The van der Waals surface area contributed by atoms with E-state index in [1.807, 2.05) is 0 Å². The highest BCUT2D eigenvalue weighted by Gasteiger charge is 2.31. The minimum Gasteiger partial charge on any atom is -0.333 e. The maximum absolute atomic E-state index is 12.5. The number of carbonyl (C=O) groups excluding carboxylic acids is 1. The second-order valence-electron chi connectivity index (χ2n) is 4.55. The molecule has 0 unspecified atom stereocenters. The SMILES string of the molecule is CC(=O)N1CCNC[C@H]1c1ccc(C(F)(F)F)cc1. The van der Waals surface area contributed by atoms with Gasteiger partial charge in [-0.3, -0.25) is 4.79 Å². The number of piperazine rings is 1. The molecule has 1 aliphatic heterocycles. The minimum absolute atomic E-state index is 0.0635. The van der Waals surface area contributed by atoms with Gasteiger partial charge in [-0.25, -0.2) is 0 Å². The fraction of sp³-hybridized carbons (Fsp3) is 0.462. The van der Waals surface area contributed by atoms with E-state index in [9.17, 15) is 18.0 Å². The lowest BCUT2D eigenvalue weighted by Gasteiger charge is -2.36. The normalized spacial score (nSPS) is 20.4. The van der Waals surface area contributed by atoms with Crippen molar-refractivity contribution in [3.63, 3.8) is 0 Å². The van der Waals surface area contributed by atoms with Crippen molar-refractivity contribution < 1.29 is 18.0 Å². The van der Waals surface area contributed by atoms with Crippen molar-refractivity contribution in [3.8, 4) is 0 Å². The van der Waals surface area contributed by atoms with Crippen LogP contribution in [0.3, 0.4) is 0 Å². The lowest BCUT2D eigenvalue weighted by Crippen LogP contribution is -2.47. The molecule has 0 radical (unpaired) electrons. The molecule has 0 saturated carbocycles. The average molecular weight is 272 g/mol. The Kier molecular flexibility index (Phi) is 3.80. The van der Waals surface area contributed by atoms with E-state index < -0.39 is 11.7 Å². The summed E-state index contributed by atoms with van der Waals surface area (Å²) in [4.78, 5) is 13.2. The maximum atomic E-state index is 12.5. The van der Waals surface area contributed by atoms with Gasteiger partial charge in [0, 0.05) is 26.6 Å². The number of rotatable bonds is 1. The number of hydrogen-bond acceptors (Lipinski definition) is 2. The summed E-state index contributed by atoms with van der Waals surface area (Å²) in [6.45, 7) is 3.31. The Morgan fingerprint density at radius 2 is 1.95 bits per heavy atom. The van der Waals surface area contributed by atoms with Gasteiger partial charge in [0.25, 0.3) is 0 Å². The van der Waals surface area contributed by atoms with Crippen LogP contribution in [0.5, 0.6) is 0 Å². The Morgan fingerprint density at radius 1 is 1.32 bits per heavy atom. The maximum Gasteiger partial charge on any atom is 0.416 e. The van der Waals surface area contributed by atoms with Crippen LogP contribution in [0.2, 0.25) is 0 Å². The van der Waals surface area contributed by atoms with Crippen molar-refractivity contribution in [2.75, 3.05) is 19.6 Å². The second-order valence-corrected chi connectivity index (χ2v) is 4.55.